The van der Waals surface area contributed by atoms with E-state index in [-0.39, 0.29) is 11.1 Å². The van der Waals surface area contributed by atoms with Crippen LogP contribution in [0.15, 0.2) is 48.0 Å². The first-order valence-corrected chi connectivity index (χ1v) is 10.8. The summed E-state index contributed by atoms with van der Waals surface area (Å²) in [7, 11) is 2.96. The van der Waals surface area contributed by atoms with Crippen LogP contribution in [0.25, 0.3) is 5.76 Å². The molecule has 0 bridgehead atoms. The molecule has 9 heteroatoms. The van der Waals surface area contributed by atoms with E-state index in [4.69, 9.17) is 9.47 Å². The van der Waals surface area contributed by atoms with Crippen molar-refractivity contribution < 1.29 is 28.6 Å². The molecular formula is C24H21FN2O5S. The van der Waals surface area contributed by atoms with Crippen molar-refractivity contribution in [3.8, 4) is 11.5 Å². The molecule has 0 saturated carbocycles. The zero-order valence-electron chi connectivity index (χ0n) is 18.4. The number of methoxy groups -OCH3 is 2. The van der Waals surface area contributed by atoms with Crippen molar-refractivity contribution in [1.29, 1.82) is 0 Å². The number of thiazole rings is 1. The largest absolute Gasteiger partial charge is 0.507 e. The maximum absolute atomic E-state index is 13.4. The zero-order valence-corrected chi connectivity index (χ0v) is 19.2. The predicted octanol–water partition coefficient (Wildman–Crippen LogP) is 4.54. The molecule has 33 heavy (non-hydrogen) atoms. The summed E-state index contributed by atoms with van der Waals surface area (Å²) >= 11 is 1.27. The van der Waals surface area contributed by atoms with Gasteiger partial charge in [0, 0.05) is 16.0 Å². The summed E-state index contributed by atoms with van der Waals surface area (Å²) in [6.45, 7) is 3.68. The Bertz CT molecular complexity index is 1260. The van der Waals surface area contributed by atoms with Gasteiger partial charge in [-0.25, -0.2) is 9.37 Å². The Morgan fingerprint density at radius 3 is 2.36 bits per heavy atom. The van der Waals surface area contributed by atoms with Crippen molar-refractivity contribution in [1.82, 2.24) is 4.98 Å². The summed E-state index contributed by atoms with van der Waals surface area (Å²) in [5, 5.41) is 11.4. The molecule has 2 heterocycles. The van der Waals surface area contributed by atoms with Crippen molar-refractivity contribution in [2.45, 2.75) is 19.9 Å². The van der Waals surface area contributed by atoms with Crippen molar-refractivity contribution in [3.63, 3.8) is 0 Å². The van der Waals surface area contributed by atoms with E-state index in [1.54, 1.807) is 18.2 Å². The van der Waals surface area contributed by atoms with Gasteiger partial charge in [0.15, 0.2) is 5.13 Å². The minimum absolute atomic E-state index is 0.149. The fourth-order valence-electron chi connectivity index (χ4n) is 3.70. The number of ketones is 1. The topological polar surface area (TPSA) is 89.0 Å². The van der Waals surface area contributed by atoms with E-state index in [1.165, 1.54) is 54.7 Å². The number of aliphatic hydroxyl groups is 1. The molecule has 3 aromatic rings. The van der Waals surface area contributed by atoms with Crippen LogP contribution in [0.3, 0.4) is 0 Å². The number of hydrogen-bond acceptors (Lipinski definition) is 7. The van der Waals surface area contributed by atoms with E-state index in [9.17, 15) is 19.1 Å². The molecular weight excluding hydrogens is 447 g/mol. The lowest BCUT2D eigenvalue weighted by atomic mass is 9.94. The van der Waals surface area contributed by atoms with Gasteiger partial charge in [-0.05, 0) is 56.3 Å². The third kappa shape index (κ3) is 3.84. The molecule has 1 aliphatic rings. The molecule has 1 saturated heterocycles. The molecule has 0 aliphatic carbocycles. The van der Waals surface area contributed by atoms with Gasteiger partial charge in [-0.2, -0.15) is 0 Å². The Hall–Kier alpha value is -3.72. The van der Waals surface area contributed by atoms with E-state index in [1.807, 2.05) is 13.8 Å². The van der Waals surface area contributed by atoms with Crippen LogP contribution < -0.4 is 14.4 Å². The minimum atomic E-state index is -1.04. The third-order valence-corrected chi connectivity index (χ3v) is 6.59. The molecule has 2 aromatic carbocycles. The maximum Gasteiger partial charge on any atom is 0.301 e. The minimum Gasteiger partial charge on any atom is -0.507 e. The smallest absolute Gasteiger partial charge is 0.301 e. The first-order chi connectivity index (χ1) is 15.8. The van der Waals surface area contributed by atoms with Gasteiger partial charge in [0.05, 0.1) is 25.5 Å². The van der Waals surface area contributed by atoms with Gasteiger partial charge in [-0.15, -0.1) is 11.3 Å². The molecule has 1 fully saturated rings. The number of hydrogen-bond donors (Lipinski definition) is 1. The molecule has 1 amide bonds. The number of carbonyl (C=O) groups excluding carboxylic acids is 2. The average molecular weight is 469 g/mol. The molecule has 170 valence electrons. The molecule has 1 N–H and O–H groups in total. The number of aryl methyl sites for hydroxylation is 2. The number of aliphatic hydroxyl groups excluding tert-OH is 1. The number of Topliss-reactive ketones (excluding diaryl/α,β-unsaturated/α-hetero) is 1. The fourth-order valence-corrected chi connectivity index (χ4v) is 4.64. The maximum atomic E-state index is 13.4. The normalized spacial score (nSPS) is 17.5. The highest BCUT2D eigenvalue weighted by atomic mass is 32.1. The monoisotopic (exact) mass is 468 g/mol. The number of halogens is 1. The van der Waals surface area contributed by atoms with Crippen molar-refractivity contribution in [2.75, 3.05) is 19.1 Å². The number of ether oxygens (including phenoxy) is 2. The van der Waals surface area contributed by atoms with Crippen molar-refractivity contribution in [2.24, 2.45) is 0 Å². The van der Waals surface area contributed by atoms with Crippen LogP contribution in [0.5, 0.6) is 11.5 Å². The molecule has 1 atom stereocenters. The van der Waals surface area contributed by atoms with Crippen LogP contribution >= 0.6 is 11.3 Å². The molecule has 1 aliphatic heterocycles. The van der Waals surface area contributed by atoms with Crippen LogP contribution in [-0.2, 0) is 9.59 Å². The van der Waals surface area contributed by atoms with Gasteiger partial charge in [0.1, 0.15) is 29.1 Å². The molecule has 1 aromatic heterocycles. The second-order valence-corrected chi connectivity index (χ2v) is 8.60. The zero-order chi connectivity index (χ0) is 23.9. The van der Waals surface area contributed by atoms with Crippen LogP contribution in [0.4, 0.5) is 9.52 Å². The van der Waals surface area contributed by atoms with Gasteiger partial charge >= 0.3 is 5.91 Å². The van der Waals surface area contributed by atoms with Gasteiger partial charge in [0.25, 0.3) is 5.78 Å². The van der Waals surface area contributed by atoms with E-state index in [0.717, 1.165) is 10.6 Å². The first kappa shape index (κ1) is 22.5. The van der Waals surface area contributed by atoms with Crippen LogP contribution in [0.1, 0.15) is 27.7 Å². The van der Waals surface area contributed by atoms with Gasteiger partial charge in [-0.1, -0.05) is 0 Å². The van der Waals surface area contributed by atoms with Crippen LogP contribution in [0.2, 0.25) is 0 Å². The Balaban J connectivity index is 2.01. The lowest BCUT2D eigenvalue weighted by Gasteiger charge is -2.25. The average Bonchev–Trinajstić information content (AvgIpc) is 3.28. The quantitative estimate of drug-likeness (QED) is 0.336. The number of nitrogens with zero attached hydrogens (tertiary/aromatic N) is 2. The number of carbonyl (C=O) groups is 2. The number of benzene rings is 2. The Labute approximate surface area is 193 Å². The predicted molar refractivity (Wildman–Crippen MR) is 122 cm³/mol. The number of anilines is 1. The van der Waals surface area contributed by atoms with Crippen molar-refractivity contribution in [3.05, 3.63) is 75.6 Å². The second-order valence-electron chi connectivity index (χ2n) is 7.42. The number of aromatic nitrogens is 1. The summed E-state index contributed by atoms with van der Waals surface area (Å²) in [6, 6.07) is 8.97. The van der Waals surface area contributed by atoms with Crippen LogP contribution in [0, 0.1) is 19.7 Å². The third-order valence-electron chi connectivity index (χ3n) is 5.52. The highest BCUT2D eigenvalue weighted by molar-refractivity contribution is 7.16. The Morgan fingerprint density at radius 2 is 1.79 bits per heavy atom. The van der Waals surface area contributed by atoms with Crippen molar-refractivity contribution >= 4 is 33.9 Å². The summed E-state index contributed by atoms with van der Waals surface area (Å²) in [4.78, 5) is 33.1. The highest BCUT2D eigenvalue weighted by Crippen LogP contribution is 2.46. The van der Waals surface area contributed by atoms with E-state index >= 15 is 0 Å². The second kappa shape index (κ2) is 8.67. The van der Waals surface area contributed by atoms with E-state index < -0.39 is 29.3 Å². The Morgan fingerprint density at radius 1 is 1.09 bits per heavy atom. The van der Waals surface area contributed by atoms with Gasteiger partial charge in [-0.3, -0.25) is 14.5 Å². The summed E-state index contributed by atoms with van der Waals surface area (Å²) < 4.78 is 24.3. The summed E-state index contributed by atoms with van der Waals surface area (Å²) in [5.41, 5.74) is 1.22. The first-order valence-electron chi connectivity index (χ1n) is 9.99. The summed E-state index contributed by atoms with van der Waals surface area (Å²) in [6.07, 6.45) is 0. The SMILES string of the molecule is COc1ccc(OC)c([C@@H]2C(=C(O)c3ccc(F)cc3)C(=O)C(=O)N2c2nc(C)c(C)s2)c1. The number of rotatable bonds is 5. The summed E-state index contributed by atoms with van der Waals surface area (Å²) in [5.74, 6) is -1.76. The number of amides is 1. The molecule has 7 nitrogen and oxygen atoms in total. The van der Waals surface area contributed by atoms with E-state index in [0.29, 0.717) is 22.2 Å². The molecule has 0 radical (unpaired) electrons. The van der Waals surface area contributed by atoms with Crippen LogP contribution in [-0.4, -0.2) is 36.0 Å². The standard InChI is InChI=1S/C24H21FN2O5S/c1-12-13(2)33-24(26-12)27-20(17-11-16(31-3)9-10-18(17)32-4)19(22(29)23(27)30)21(28)14-5-7-15(25)8-6-14/h5-11,20,28H,1-4H3/t20-/m1/s1. The van der Waals surface area contributed by atoms with Gasteiger partial charge in [0.2, 0.25) is 0 Å². The molecule has 4 rings (SSSR count). The molecule has 0 unspecified atom stereocenters. The highest BCUT2D eigenvalue weighted by Gasteiger charge is 2.49. The molecule has 0 spiro atoms. The Kier molecular flexibility index (Phi) is 5.90. The van der Waals surface area contributed by atoms with E-state index in [2.05, 4.69) is 4.98 Å². The lowest BCUT2D eigenvalue weighted by Crippen LogP contribution is -2.29. The lowest BCUT2D eigenvalue weighted by molar-refractivity contribution is -0.132. The fraction of sp³-hybridized carbons (Fsp3) is 0.208. The van der Waals surface area contributed by atoms with Gasteiger partial charge < -0.3 is 14.6 Å².